The zero-order chi connectivity index (χ0) is 10.7. The lowest BCUT2D eigenvalue weighted by Gasteiger charge is -2.41. The average Bonchev–Trinajstić information content (AvgIpc) is 2.31. The van der Waals surface area contributed by atoms with Crippen LogP contribution in [0.3, 0.4) is 0 Å². The molecule has 2 saturated heterocycles. The third kappa shape index (κ3) is 2.62. The largest absolute Gasteiger partial charge is 0.350 e. The van der Waals surface area contributed by atoms with E-state index in [0.717, 1.165) is 5.39 Å². The van der Waals surface area contributed by atoms with Gasteiger partial charge >= 0.3 is 8.60 Å². The first-order valence-corrected chi connectivity index (χ1v) is 5.40. The van der Waals surface area contributed by atoms with E-state index in [0.29, 0.717) is 26.4 Å². The van der Waals surface area contributed by atoms with Crippen molar-refractivity contribution in [3.05, 3.63) is 0 Å². The molecule has 2 fully saturated rings. The summed E-state index contributed by atoms with van der Waals surface area (Å²) in [5.41, 5.74) is -0.313. The van der Waals surface area contributed by atoms with E-state index in [1.807, 2.05) is 0 Å². The molecule has 0 radical (unpaired) electrons. The fourth-order valence-electron chi connectivity index (χ4n) is 1.25. The van der Waals surface area contributed by atoms with Crippen LogP contribution in [0.1, 0.15) is 0 Å². The highest BCUT2D eigenvalue weighted by atomic mass is 31.2. The van der Waals surface area contributed by atoms with Gasteiger partial charge in [0.2, 0.25) is 0 Å². The molecule has 2 aliphatic heterocycles. The zero-order valence-electron chi connectivity index (χ0n) is 8.25. The summed E-state index contributed by atoms with van der Waals surface area (Å²) in [5.74, 6) is 4.95. The summed E-state index contributed by atoms with van der Waals surface area (Å²) in [5, 5.41) is 0.960. The Labute approximate surface area is 87.9 Å². The highest BCUT2D eigenvalue weighted by Gasteiger charge is 2.43. The molecular weight excluding hydrogens is 227 g/mol. The number of hydrogen-bond acceptors (Lipinski definition) is 8. The van der Waals surface area contributed by atoms with Gasteiger partial charge < -0.3 is 9.05 Å². The van der Waals surface area contributed by atoms with Crippen molar-refractivity contribution in [2.24, 2.45) is 11.3 Å². The molecule has 15 heavy (non-hydrogen) atoms. The average molecular weight is 240 g/mol. The van der Waals surface area contributed by atoms with Crippen LogP contribution in [-0.4, -0.2) is 38.9 Å². The standard InChI is InChI=1S/C6H13N2O6P/c1-9-8-10-2-6(3-11-8)4-12-15(14-7)13-5-6/h2-5,7H2,1H3. The first-order valence-electron chi connectivity index (χ1n) is 4.31. The summed E-state index contributed by atoms with van der Waals surface area (Å²) in [4.78, 5) is 15.0. The second-order valence-electron chi connectivity index (χ2n) is 3.33. The summed E-state index contributed by atoms with van der Waals surface area (Å²) in [6.45, 7) is 1.64. The number of rotatable bonds is 2. The molecular formula is C6H13N2O6P. The van der Waals surface area contributed by atoms with Gasteiger partial charge in [-0.25, -0.2) is 20.2 Å². The second-order valence-corrected chi connectivity index (χ2v) is 4.50. The number of nitrogens with zero attached hydrogens (tertiary/aromatic N) is 1. The molecule has 2 aliphatic rings. The lowest BCUT2D eigenvalue weighted by atomic mass is 9.92. The van der Waals surface area contributed by atoms with Crippen LogP contribution in [0.25, 0.3) is 0 Å². The molecule has 2 N–H and O–H groups in total. The zero-order valence-corrected chi connectivity index (χ0v) is 9.14. The quantitative estimate of drug-likeness (QED) is 0.528. The van der Waals surface area contributed by atoms with Gasteiger partial charge in [-0.1, -0.05) is 0 Å². The van der Waals surface area contributed by atoms with Gasteiger partial charge in [0.15, 0.2) is 0 Å². The minimum atomic E-state index is -1.41. The van der Waals surface area contributed by atoms with Crippen molar-refractivity contribution in [3.8, 4) is 0 Å². The van der Waals surface area contributed by atoms with Crippen LogP contribution in [0.2, 0.25) is 0 Å². The van der Waals surface area contributed by atoms with Crippen molar-refractivity contribution in [1.29, 1.82) is 0 Å². The topological polar surface area (TPSA) is 84.6 Å². The summed E-state index contributed by atoms with van der Waals surface area (Å²) in [7, 11) is 0.0386. The predicted molar refractivity (Wildman–Crippen MR) is 47.3 cm³/mol. The van der Waals surface area contributed by atoms with E-state index in [-0.39, 0.29) is 5.41 Å². The van der Waals surface area contributed by atoms with E-state index in [4.69, 9.17) is 29.5 Å². The van der Waals surface area contributed by atoms with Crippen LogP contribution in [0.15, 0.2) is 0 Å². The predicted octanol–water partition coefficient (Wildman–Crippen LogP) is -0.123. The van der Waals surface area contributed by atoms with E-state index < -0.39 is 8.60 Å². The van der Waals surface area contributed by atoms with Crippen LogP contribution < -0.4 is 5.90 Å². The van der Waals surface area contributed by atoms with Crippen molar-refractivity contribution in [3.63, 3.8) is 0 Å². The van der Waals surface area contributed by atoms with Crippen molar-refractivity contribution in [2.45, 2.75) is 0 Å². The molecule has 9 heteroatoms. The maximum absolute atomic E-state index is 5.27. The van der Waals surface area contributed by atoms with Gasteiger partial charge in [0.25, 0.3) is 0 Å². The van der Waals surface area contributed by atoms with Gasteiger partial charge in [-0.2, -0.15) is 0 Å². The van der Waals surface area contributed by atoms with E-state index in [2.05, 4.69) is 4.62 Å². The molecule has 0 atom stereocenters. The molecule has 2 heterocycles. The lowest BCUT2D eigenvalue weighted by Crippen LogP contribution is -2.50. The molecule has 88 valence electrons. The third-order valence-corrected chi connectivity index (χ3v) is 2.99. The lowest BCUT2D eigenvalue weighted by molar-refractivity contribution is -0.550. The minimum absolute atomic E-state index is 0.313. The molecule has 0 amide bonds. The normalized spacial score (nSPS) is 28.4. The summed E-state index contributed by atoms with van der Waals surface area (Å²) in [6.07, 6.45) is 0. The highest BCUT2D eigenvalue weighted by Crippen LogP contribution is 2.46. The van der Waals surface area contributed by atoms with Gasteiger partial charge in [-0.05, 0) is 0 Å². The Kier molecular flexibility index (Phi) is 3.83. The monoisotopic (exact) mass is 240 g/mol. The van der Waals surface area contributed by atoms with Gasteiger partial charge in [0.1, 0.15) is 0 Å². The molecule has 0 aromatic rings. The van der Waals surface area contributed by atoms with Gasteiger partial charge in [-0.3, -0.25) is 4.84 Å². The summed E-state index contributed by atoms with van der Waals surface area (Å²) < 4.78 is 15.0. The van der Waals surface area contributed by atoms with Crippen LogP contribution in [0.5, 0.6) is 0 Å². The highest BCUT2D eigenvalue weighted by molar-refractivity contribution is 7.41. The Morgan fingerprint density at radius 1 is 1.20 bits per heavy atom. The first kappa shape index (κ1) is 11.6. The minimum Gasteiger partial charge on any atom is -0.310 e. The molecule has 0 unspecified atom stereocenters. The smallest absolute Gasteiger partial charge is 0.310 e. The van der Waals surface area contributed by atoms with Crippen LogP contribution in [0, 0.1) is 5.41 Å². The van der Waals surface area contributed by atoms with Crippen molar-refractivity contribution in [1.82, 2.24) is 5.39 Å². The fraction of sp³-hybridized carbons (Fsp3) is 1.00. The Hall–Kier alpha value is 0.110. The van der Waals surface area contributed by atoms with Gasteiger partial charge in [-0.15, -0.1) is 0 Å². The SMILES string of the molecule is CON1OCC2(CO1)COP(ON)OC2. The molecule has 8 nitrogen and oxygen atoms in total. The Morgan fingerprint density at radius 2 is 1.80 bits per heavy atom. The Morgan fingerprint density at radius 3 is 2.27 bits per heavy atom. The molecule has 0 aliphatic carbocycles. The maximum Gasteiger partial charge on any atom is 0.350 e. The molecule has 0 aromatic heterocycles. The van der Waals surface area contributed by atoms with E-state index in [1.165, 1.54) is 7.11 Å². The molecule has 1 spiro atoms. The Balaban J connectivity index is 1.83. The Bertz CT molecular complexity index is 178. The maximum atomic E-state index is 5.27. The van der Waals surface area contributed by atoms with Crippen molar-refractivity contribution >= 4 is 8.60 Å². The molecule has 2 rings (SSSR count). The second kappa shape index (κ2) is 4.96. The number of nitrogens with two attached hydrogens (primary N) is 1. The fourth-order valence-corrected chi connectivity index (χ4v) is 2.20. The number of hydrogen-bond donors (Lipinski definition) is 1. The molecule has 0 aromatic carbocycles. The summed E-state index contributed by atoms with van der Waals surface area (Å²) >= 11 is 0. The van der Waals surface area contributed by atoms with E-state index >= 15 is 0 Å². The van der Waals surface area contributed by atoms with E-state index in [1.54, 1.807) is 0 Å². The van der Waals surface area contributed by atoms with Crippen molar-refractivity contribution < 1.29 is 28.2 Å². The van der Waals surface area contributed by atoms with E-state index in [9.17, 15) is 0 Å². The molecule has 0 saturated carbocycles. The summed E-state index contributed by atoms with van der Waals surface area (Å²) in [6, 6.07) is 0. The van der Waals surface area contributed by atoms with Crippen LogP contribution >= 0.6 is 8.60 Å². The first-order chi connectivity index (χ1) is 7.28. The third-order valence-electron chi connectivity index (χ3n) is 2.14. The van der Waals surface area contributed by atoms with Crippen molar-refractivity contribution in [2.75, 3.05) is 33.5 Å². The van der Waals surface area contributed by atoms with Crippen LogP contribution in [0.4, 0.5) is 0 Å². The molecule has 0 bridgehead atoms. The van der Waals surface area contributed by atoms with Gasteiger partial charge in [0.05, 0.1) is 44.3 Å². The van der Waals surface area contributed by atoms with Crippen LogP contribution in [-0.2, 0) is 28.2 Å². The van der Waals surface area contributed by atoms with Gasteiger partial charge in [0, 0.05) is 0 Å².